The normalized spacial score (nSPS) is 26.9. The molecule has 1 rings (SSSR count). The zero-order valence-corrected chi connectivity index (χ0v) is 9.73. The molecule has 0 spiro atoms. The standard InChI is InChI=1S/C10H17NO4/c1-6(7(2)11-13-5)8-10(3,4)15-9(12)14-8/h6,8H,1-5H3/t6-,8+/m0/s1. The number of carbonyl (C=O) groups excluding carboxylic acids is 1. The number of carbonyl (C=O) groups is 1. The van der Waals surface area contributed by atoms with Crippen LogP contribution in [0.25, 0.3) is 0 Å². The first-order valence-electron chi connectivity index (χ1n) is 4.85. The Hall–Kier alpha value is -1.26. The predicted molar refractivity (Wildman–Crippen MR) is 54.7 cm³/mol. The van der Waals surface area contributed by atoms with Crippen molar-refractivity contribution < 1.29 is 19.1 Å². The van der Waals surface area contributed by atoms with Gasteiger partial charge in [-0.05, 0) is 20.8 Å². The van der Waals surface area contributed by atoms with Gasteiger partial charge in [0.1, 0.15) is 12.7 Å². The summed E-state index contributed by atoms with van der Waals surface area (Å²) >= 11 is 0. The third kappa shape index (κ3) is 2.40. The lowest BCUT2D eigenvalue weighted by atomic mass is 9.88. The third-order valence-electron chi connectivity index (χ3n) is 2.60. The van der Waals surface area contributed by atoms with E-state index in [0.29, 0.717) is 0 Å². The van der Waals surface area contributed by atoms with E-state index < -0.39 is 11.8 Å². The minimum Gasteiger partial charge on any atom is -0.426 e. The molecule has 1 aliphatic rings. The topological polar surface area (TPSA) is 57.1 Å². The van der Waals surface area contributed by atoms with Crippen LogP contribution in [0.2, 0.25) is 0 Å². The van der Waals surface area contributed by atoms with E-state index in [9.17, 15) is 4.79 Å². The molecule has 5 heteroatoms. The summed E-state index contributed by atoms with van der Waals surface area (Å²) in [4.78, 5) is 15.7. The second kappa shape index (κ2) is 4.08. The summed E-state index contributed by atoms with van der Waals surface area (Å²) in [7, 11) is 1.48. The zero-order valence-electron chi connectivity index (χ0n) is 9.73. The number of hydrogen-bond donors (Lipinski definition) is 0. The van der Waals surface area contributed by atoms with Crippen LogP contribution in [0.5, 0.6) is 0 Å². The van der Waals surface area contributed by atoms with E-state index in [-0.39, 0.29) is 12.0 Å². The van der Waals surface area contributed by atoms with Crippen molar-refractivity contribution in [2.24, 2.45) is 11.1 Å². The Morgan fingerprint density at radius 1 is 1.60 bits per heavy atom. The third-order valence-corrected chi connectivity index (χ3v) is 2.60. The number of cyclic esters (lactones) is 2. The van der Waals surface area contributed by atoms with E-state index in [1.807, 2.05) is 27.7 Å². The highest BCUT2D eigenvalue weighted by atomic mass is 16.8. The summed E-state index contributed by atoms with van der Waals surface area (Å²) in [6.45, 7) is 7.39. The number of nitrogens with zero attached hydrogens (tertiary/aromatic N) is 1. The van der Waals surface area contributed by atoms with Crippen LogP contribution in [-0.4, -0.2) is 30.7 Å². The molecule has 1 aliphatic heterocycles. The summed E-state index contributed by atoms with van der Waals surface area (Å²) in [6.07, 6.45) is -0.953. The van der Waals surface area contributed by atoms with Crippen molar-refractivity contribution in [1.82, 2.24) is 0 Å². The number of ether oxygens (including phenoxy) is 2. The van der Waals surface area contributed by atoms with Crippen LogP contribution < -0.4 is 0 Å². The summed E-state index contributed by atoms with van der Waals surface area (Å²) in [6, 6.07) is 0. The van der Waals surface area contributed by atoms with Crippen LogP contribution in [0.3, 0.4) is 0 Å². The van der Waals surface area contributed by atoms with Crippen LogP contribution in [0, 0.1) is 5.92 Å². The molecule has 0 unspecified atom stereocenters. The maximum atomic E-state index is 11.0. The maximum absolute atomic E-state index is 11.0. The summed E-state index contributed by atoms with van der Waals surface area (Å²) in [5.74, 6) is -0.0357. The summed E-state index contributed by atoms with van der Waals surface area (Å²) in [5, 5.41) is 3.83. The number of rotatable bonds is 3. The van der Waals surface area contributed by atoms with Gasteiger partial charge in [0.05, 0.1) is 5.71 Å². The summed E-state index contributed by atoms with van der Waals surface area (Å²) < 4.78 is 10.2. The lowest BCUT2D eigenvalue weighted by molar-refractivity contribution is 0.0513. The Bertz CT molecular complexity index is 285. The Labute approximate surface area is 89.4 Å². The van der Waals surface area contributed by atoms with Gasteiger partial charge in [-0.1, -0.05) is 12.1 Å². The van der Waals surface area contributed by atoms with Gasteiger partial charge in [-0.2, -0.15) is 0 Å². The van der Waals surface area contributed by atoms with Gasteiger partial charge in [-0.25, -0.2) is 4.79 Å². The molecule has 0 amide bonds. The Morgan fingerprint density at radius 2 is 2.20 bits per heavy atom. The van der Waals surface area contributed by atoms with Crippen LogP contribution in [0.15, 0.2) is 5.16 Å². The van der Waals surface area contributed by atoms with E-state index in [0.717, 1.165) is 5.71 Å². The monoisotopic (exact) mass is 215 g/mol. The molecule has 0 aliphatic carbocycles. The largest absolute Gasteiger partial charge is 0.509 e. The highest BCUT2D eigenvalue weighted by Crippen LogP contribution is 2.32. The van der Waals surface area contributed by atoms with E-state index in [1.165, 1.54) is 7.11 Å². The van der Waals surface area contributed by atoms with Crippen molar-refractivity contribution in [1.29, 1.82) is 0 Å². The van der Waals surface area contributed by atoms with E-state index in [2.05, 4.69) is 9.99 Å². The lowest BCUT2D eigenvalue weighted by Gasteiger charge is -2.26. The molecule has 0 aromatic heterocycles. The smallest absolute Gasteiger partial charge is 0.426 e. The Balaban J connectivity index is 2.80. The first-order valence-corrected chi connectivity index (χ1v) is 4.85. The second-order valence-corrected chi connectivity index (χ2v) is 4.20. The Kier molecular flexibility index (Phi) is 3.21. The molecule has 1 saturated heterocycles. The molecule has 2 atom stereocenters. The molecule has 15 heavy (non-hydrogen) atoms. The first-order chi connectivity index (χ1) is 6.88. The molecule has 1 fully saturated rings. The molecule has 0 aromatic rings. The van der Waals surface area contributed by atoms with Gasteiger partial charge in [0.15, 0.2) is 6.10 Å². The molecule has 86 valence electrons. The maximum Gasteiger partial charge on any atom is 0.509 e. The fourth-order valence-corrected chi connectivity index (χ4v) is 1.69. The van der Waals surface area contributed by atoms with Gasteiger partial charge in [0, 0.05) is 5.92 Å². The van der Waals surface area contributed by atoms with E-state index >= 15 is 0 Å². The molecule has 0 saturated carbocycles. The van der Waals surface area contributed by atoms with Gasteiger partial charge in [0.25, 0.3) is 0 Å². The summed E-state index contributed by atoms with van der Waals surface area (Å²) in [5.41, 5.74) is 0.148. The van der Waals surface area contributed by atoms with Crippen molar-refractivity contribution in [2.45, 2.75) is 39.4 Å². The van der Waals surface area contributed by atoms with Crippen molar-refractivity contribution in [3.63, 3.8) is 0 Å². The van der Waals surface area contributed by atoms with Crippen LogP contribution in [0.1, 0.15) is 27.7 Å². The van der Waals surface area contributed by atoms with Crippen LogP contribution in [0.4, 0.5) is 4.79 Å². The number of hydrogen-bond acceptors (Lipinski definition) is 5. The molecule has 5 nitrogen and oxygen atoms in total. The minimum absolute atomic E-state index is 0.0357. The predicted octanol–water partition coefficient (Wildman–Crippen LogP) is 1.96. The van der Waals surface area contributed by atoms with Gasteiger partial charge in [0.2, 0.25) is 0 Å². The second-order valence-electron chi connectivity index (χ2n) is 4.20. The highest BCUT2D eigenvalue weighted by molar-refractivity contribution is 5.84. The van der Waals surface area contributed by atoms with Crippen molar-refractivity contribution >= 4 is 11.9 Å². The molecule has 1 heterocycles. The Morgan fingerprint density at radius 3 is 2.60 bits per heavy atom. The van der Waals surface area contributed by atoms with Gasteiger partial charge >= 0.3 is 6.16 Å². The van der Waals surface area contributed by atoms with E-state index in [1.54, 1.807) is 0 Å². The van der Waals surface area contributed by atoms with Crippen LogP contribution >= 0.6 is 0 Å². The van der Waals surface area contributed by atoms with Crippen molar-refractivity contribution in [2.75, 3.05) is 7.11 Å². The van der Waals surface area contributed by atoms with Crippen molar-refractivity contribution in [3.8, 4) is 0 Å². The quantitative estimate of drug-likeness (QED) is 0.410. The van der Waals surface area contributed by atoms with Crippen molar-refractivity contribution in [3.05, 3.63) is 0 Å². The van der Waals surface area contributed by atoms with Gasteiger partial charge in [-0.15, -0.1) is 0 Å². The number of oxime groups is 1. The fourth-order valence-electron chi connectivity index (χ4n) is 1.69. The van der Waals surface area contributed by atoms with E-state index in [4.69, 9.17) is 9.47 Å². The fraction of sp³-hybridized carbons (Fsp3) is 0.800. The minimum atomic E-state index is -0.624. The molecule has 0 radical (unpaired) electrons. The molecule has 0 aromatic carbocycles. The first kappa shape index (κ1) is 11.8. The molecular weight excluding hydrogens is 198 g/mol. The van der Waals surface area contributed by atoms with Gasteiger partial charge in [-0.3, -0.25) is 0 Å². The molecular formula is C10H17NO4. The highest BCUT2D eigenvalue weighted by Gasteiger charge is 2.47. The van der Waals surface area contributed by atoms with Crippen LogP contribution in [-0.2, 0) is 14.3 Å². The molecule has 0 bridgehead atoms. The average Bonchev–Trinajstić information content (AvgIpc) is 2.38. The average molecular weight is 215 g/mol. The SMILES string of the molecule is CON=C(C)[C@H](C)[C@H]1OC(=O)OC1(C)C. The van der Waals surface area contributed by atoms with Gasteiger partial charge < -0.3 is 14.3 Å². The zero-order chi connectivity index (χ0) is 11.6. The lowest BCUT2D eigenvalue weighted by Crippen LogP contribution is -2.40. The molecule has 0 N–H and O–H groups in total.